The number of hydrogen-bond donors (Lipinski definition) is 1. The molecule has 3 aromatic carbocycles. The van der Waals surface area contributed by atoms with Gasteiger partial charge in [-0.15, -0.1) is 0 Å². The zero-order chi connectivity index (χ0) is 20.6. The molecule has 0 atom stereocenters. The minimum Gasteiger partial charge on any atom is -0.494 e. The number of carbonyl (C=O) groups is 1. The molecule has 1 N–H and O–H groups in total. The number of nitro groups is 1. The van der Waals surface area contributed by atoms with Crippen LogP contribution in [0, 0.1) is 10.1 Å². The third kappa shape index (κ3) is 5.32. The summed E-state index contributed by atoms with van der Waals surface area (Å²) in [6.07, 6.45) is 0.689. The molecule has 0 radical (unpaired) electrons. The lowest BCUT2D eigenvalue weighted by atomic mass is 10.0. The van der Waals surface area contributed by atoms with Crippen molar-refractivity contribution < 1.29 is 19.2 Å². The van der Waals surface area contributed by atoms with Gasteiger partial charge in [-0.1, -0.05) is 48.5 Å². The van der Waals surface area contributed by atoms with E-state index in [1.807, 2.05) is 54.6 Å². The van der Waals surface area contributed by atoms with Gasteiger partial charge in [0.1, 0.15) is 11.5 Å². The fourth-order valence-corrected chi connectivity index (χ4v) is 2.83. The van der Waals surface area contributed by atoms with Crippen molar-refractivity contribution in [3.05, 3.63) is 94.0 Å². The SMILES string of the molecule is COc1cc([N+](=O)[O-])ccc1NC(=O)COc1ccccc1Cc1ccccc1. The standard InChI is InChI=1S/C22H20N2O5/c1-28-21-14-18(24(26)27)11-12-19(21)23-22(25)15-29-20-10-6-5-9-17(20)13-16-7-3-2-4-8-16/h2-12,14H,13,15H2,1H3,(H,23,25). The van der Waals surface area contributed by atoms with E-state index in [0.717, 1.165) is 11.1 Å². The van der Waals surface area contributed by atoms with Crippen molar-refractivity contribution >= 4 is 17.3 Å². The summed E-state index contributed by atoms with van der Waals surface area (Å²) in [5.74, 6) is 0.436. The smallest absolute Gasteiger partial charge is 0.273 e. The van der Waals surface area contributed by atoms with Crippen LogP contribution in [0.5, 0.6) is 11.5 Å². The number of rotatable bonds is 8. The lowest BCUT2D eigenvalue weighted by molar-refractivity contribution is -0.384. The number of para-hydroxylation sites is 1. The Morgan fingerprint density at radius 3 is 2.45 bits per heavy atom. The van der Waals surface area contributed by atoms with Gasteiger partial charge in [0.25, 0.3) is 11.6 Å². The molecule has 0 aliphatic heterocycles. The van der Waals surface area contributed by atoms with Gasteiger partial charge in [-0.3, -0.25) is 14.9 Å². The maximum absolute atomic E-state index is 12.3. The third-order valence-corrected chi connectivity index (χ3v) is 4.24. The Morgan fingerprint density at radius 1 is 1.00 bits per heavy atom. The molecule has 0 bridgehead atoms. The van der Waals surface area contributed by atoms with Gasteiger partial charge in [0, 0.05) is 12.5 Å². The molecule has 0 heterocycles. The van der Waals surface area contributed by atoms with Crippen molar-refractivity contribution in [1.82, 2.24) is 0 Å². The van der Waals surface area contributed by atoms with E-state index in [0.29, 0.717) is 17.9 Å². The van der Waals surface area contributed by atoms with Crippen LogP contribution in [0.1, 0.15) is 11.1 Å². The molecule has 0 aromatic heterocycles. The minimum absolute atomic E-state index is 0.120. The summed E-state index contributed by atoms with van der Waals surface area (Å²) in [6.45, 7) is -0.202. The summed E-state index contributed by atoms with van der Waals surface area (Å²) in [6, 6.07) is 21.5. The Bertz CT molecular complexity index is 1010. The highest BCUT2D eigenvalue weighted by atomic mass is 16.6. The monoisotopic (exact) mass is 392 g/mol. The molecule has 29 heavy (non-hydrogen) atoms. The van der Waals surface area contributed by atoms with E-state index in [1.54, 1.807) is 0 Å². The van der Waals surface area contributed by atoms with E-state index >= 15 is 0 Å². The summed E-state index contributed by atoms with van der Waals surface area (Å²) in [5.41, 5.74) is 2.33. The van der Waals surface area contributed by atoms with Gasteiger partial charge >= 0.3 is 0 Å². The number of carbonyl (C=O) groups excluding carboxylic acids is 1. The Morgan fingerprint density at radius 2 is 1.72 bits per heavy atom. The Balaban J connectivity index is 1.65. The number of nitrogens with one attached hydrogen (secondary N) is 1. The van der Waals surface area contributed by atoms with Crippen LogP contribution in [0.2, 0.25) is 0 Å². The number of methoxy groups -OCH3 is 1. The first kappa shape index (κ1) is 19.9. The molecule has 3 rings (SSSR count). The fraction of sp³-hybridized carbons (Fsp3) is 0.136. The van der Waals surface area contributed by atoms with Crippen LogP contribution < -0.4 is 14.8 Å². The lowest BCUT2D eigenvalue weighted by Crippen LogP contribution is -2.21. The Kier molecular flexibility index (Phi) is 6.42. The second-order valence-corrected chi connectivity index (χ2v) is 6.25. The van der Waals surface area contributed by atoms with Crippen molar-refractivity contribution in [2.24, 2.45) is 0 Å². The largest absolute Gasteiger partial charge is 0.494 e. The molecular formula is C22H20N2O5. The molecule has 0 saturated carbocycles. The molecule has 0 aliphatic carbocycles. The van der Waals surface area contributed by atoms with Crippen LogP contribution in [-0.4, -0.2) is 24.5 Å². The van der Waals surface area contributed by atoms with Crippen molar-refractivity contribution in [3.8, 4) is 11.5 Å². The number of nitro benzene ring substituents is 1. The van der Waals surface area contributed by atoms with E-state index in [9.17, 15) is 14.9 Å². The molecule has 7 heteroatoms. The third-order valence-electron chi connectivity index (χ3n) is 4.24. The second-order valence-electron chi connectivity index (χ2n) is 6.25. The molecule has 7 nitrogen and oxygen atoms in total. The van der Waals surface area contributed by atoms with E-state index in [2.05, 4.69) is 5.32 Å². The highest BCUT2D eigenvalue weighted by Gasteiger charge is 2.14. The molecule has 3 aromatic rings. The van der Waals surface area contributed by atoms with Gasteiger partial charge < -0.3 is 14.8 Å². The highest BCUT2D eigenvalue weighted by molar-refractivity contribution is 5.93. The van der Waals surface area contributed by atoms with Crippen molar-refractivity contribution in [1.29, 1.82) is 0 Å². The van der Waals surface area contributed by atoms with Gasteiger partial charge in [0.05, 0.1) is 23.8 Å². The first-order valence-corrected chi connectivity index (χ1v) is 8.93. The number of anilines is 1. The van der Waals surface area contributed by atoms with Gasteiger partial charge in [-0.25, -0.2) is 0 Å². The van der Waals surface area contributed by atoms with Gasteiger partial charge in [0.15, 0.2) is 6.61 Å². The molecule has 0 fully saturated rings. The number of nitrogens with zero attached hydrogens (tertiary/aromatic N) is 1. The number of non-ortho nitro benzene ring substituents is 1. The number of hydrogen-bond acceptors (Lipinski definition) is 5. The normalized spacial score (nSPS) is 10.2. The quantitative estimate of drug-likeness (QED) is 0.458. The molecule has 0 saturated heterocycles. The van der Waals surface area contributed by atoms with E-state index in [4.69, 9.17) is 9.47 Å². The second kappa shape index (κ2) is 9.36. The maximum Gasteiger partial charge on any atom is 0.273 e. The van der Waals surface area contributed by atoms with Crippen molar-refractivity contribution in [3.63, 3.8) is 0 Å². The molecule has 148 valence electrons. The summed E-state index contributed by atoms with van der Waals surface area (Å²) >= 11 is 0. The van der Waals surface area contributed by atoms with Crippen molar-refractivity contribution in [2.45, 2.75) is 6.42 Å². The molecule has 0 aliphatic rings. The first-order valence-electron chi connectivity index (χ1n) is 8.93. The Labute approximate surface area is 168 Å². The summed E-state index contributed by atoms with van der Waals surface area (Å²) in [5, 5.41) is 13.5. The summed E-state index contributed by atoms with van der Waals surface area (Å²) in [7, 11) is 1.38. The lowest BCUT2D eigenvalue weighted by Gasteiger charge is -2.13. The molecule has 0 spiro atoms. The maximum atomic E-state index is 12.3. The van der Waals surface area contributed by atoms with Gasteiger partial charge in [-0.05, 0) is 23.3 Å². The summed E-state index contributed by atoms with van der Waals surface area (Å²) in [4.78, 5) is 22.7. The molecule has 0 unspecified atom stereocenters. The van der Waals surface area contributed by atoms with E-state index in [-0.39, 0.29) is 18.0 Å². The van der Waals surface area contributed by atoms with Crippen LogP contribution in [0.4, 0.5) is 11.4 Å². The zero-order valence-electron chi connectivity index (χ0n) is 15.8. The predicted molar refractivity (Wildman–Crippen MR) is 109 cm³/mol. The zero-order valence-corrected chi connectivity index (χ0v) is 15.8. The first-order chi connectivity index (χ1) is 14.1. The van der Waals surface area contributed by atoms with E-state index in [1.165, 1.54) is 25.3 Å². The highest BCUT2D eigenvalue weighted by Crippen LogP contribution is 2.29. The van der Waals surface area contributed by atoms with Crippen molar-refractivity contribution in [2.75, 3.05) is 19.0 Å². The van der Waals surface area contributed by atoms with Crippen LogP contribution in [0.25, 0.3) is 0 Å². The molecular weight excluding hydrogens is 372 g/mol. The van der Waals surface area contributed by atoms with Crippen LogP contribution >= 0.6 is 0 Å². The van der Waals surface area contributed by atoms with Crippen LogP contribution in [0.3, 0.4) is 0 Å². The average molecular weight is 392 g/mol. The van der Waals surface area contributed by atoms with Crippen LogP contribution in [-0.2, 0) is 11.2 Å². The topological polar surface area (TPSA) is 90.7 Å². The minimum atomic E-state index is -0.527. The van der Waals surface area contributed by atoms with Gasteiger partial charge in [-0.2, -0.15) is 0 Å². The number of amides is 1. The fourth-order valence-electron chi connectivity index (χ4n) is 2.83. The predicted octanol–water partition coefficient (Wildman–Crippen LogP) is 4.21. The molecule has 1 amide bonds. The number of benzene rings is 3. The van der Waals surface area contributed by atoms with Gasteiger partial charge in [0.2, 0.25) is 0 Å². The Hall–Kier alpha value is -3.87. The number of ether oxygens (including phenoxy) is 2. The van der Waals surface area contributed by atoms with E-state index < -0.39 is 10.8 Å². The summed E-state index contributed by atoms with van der Waals surface area (Å²) < 4.78 is 10.8. The average Bonchev–Trinajstić information content (AvgIpc) is 2.74. The van der Waals surface area contributed by atoms with Crippen LogP contribution in [0.15, 0.2) is 72.8 Å².